The largest absolute Gasteiger partial charge is 0.292 e. The molecule has 0 aromatic carbocycles. The Morgan fingerprint density at radius 1 is 1.17 bits per heavy atom. The van der Waals surface area contributed by atoms with Crippen molar-refractivity contribution in [3.63, 3.8) is 0 Å². The Morgan fingerprint density at radius 3 is 1.17 bits per heavy atom. The Labute approximate surface area is 34.0 Å². The maximum Gasteiger partial charge on any atom is 0.292 e. The fourth-order valence-electron chi connectivity index (χ4n) is 0. The van der Waals surface area contributed by atoms with Crippen molar-refractivity contribution in [3.8, 4) is 0 Å². The first-order valence-electron chi connectivity index (χ1n) is 0.534. The van der Waals surface area contributed by atoms with Gasteiger partial charge in [0.05, 0.1) is 0 Å². The lowest BCUT2D eigenvalue weighted by Crippen LogP contribution is -1.44. The van der Waals surface area contributed by atoms with Gasteiger partial charge in [0, 0.05) is 0 Å². The van der Waals surface area contributed by atoms with Crippen LogP contribution in [0, 0.1) is 0 Å². The Morgan fingerprint density at radius 2 is 1.17 bits per heavy atom. The van der Waals surface area contributed by atoms with Crippen molar-refractivity contribution >= 4 is 11.1 Å². The number of hydrogen-bond donors (Lipinski definition) is 1. The Balaban J connectivity index is -0.0000000450. The van der Waals surface area contributed by atoms with Crippen LogP contribution in [0.4, 0.5) is 13.3 Å². The molecular weight excluding hydrogens is 121 g/mol. The molecule has 0 spiro atoms. The van der Waals surface area contributed by atoms with Crippen molar-refractivity contribution in [1.82, 2.24) is 0 Å². The highest BCUT2D eigenvalue weighted by molar-refractivity contribution is 7.66. The van der Waals surface area contributed by atoms with Gasteiger partial charge >= 0.3 is 0 Å². The molecule has 0 aliphatic heterocycles. The molecule has 0 N–H and O–H groups in total. The molecule has 0 atom stereocenters. The summed E-state index contributed by atoms with van der Waals surface area (Å²) in [7, 11) is 0. The lowest BCUT2D eigenvalue weighted by molar-refractivity contribution is 0.576. The molecule has 6 heteroatoms. The quantitative estimate of drug-likeness (QED) is 0.358. The highest BCUT2D eigenvalue weighted by atomic mass is 32.2. The Hall–Kier alpha value is -0.260. The minimum Gasteiger partial charge on any atom is -0.269 e. The Kier molecular flexibility index (Phi) is 25.3. The van der Waals surface area contributed by atoms with E-state index < -0.39 is 11.1 Å². The molecule has 0 radical (unpaired) electrons. The van der Waals surface area contributed by atoms with Gasteiger partial charge in [-0.2, -0.15) is 8.42 Å². The lowest BCUT2D eigenvalue weighted by atomic mass is 15.9. The summed E-state index contributed by atoms with van der Waals surface area (Å²) in [6, 6.07) is 0. The second kappa shape index (κ2) is 8.83. The van der Waals surface area contributed by atoms with Crippen molar-refractivity contribution in [3.05, 3.63) is 0 Å². The lowest BCUT2D eigenvalue weighted by Gasteiger charge is -1.36. The van der Waals surface area contributed by atoms with Crippen LogP contribution in [0.15, 0.2) is 0 Å². The van der Waals surface area contributed by atoms with Crippen molar-refractivity contribution in [2.75, 3.05) is 0 Å². The van der Waals surface area contributed by atoms with E-state index in [-0.39, 0.29) is 9.41 Å². The van der Waals surface area contributed by atoms with E-state index in [1.54, 1.807) is 0 Å². The van der Waals surface area contributed by atoms with Crippen LogP contribution in [-0.2, 0) is 11.1 Å². The zero-order valence-electron chi connectivity index (χ0n) is 2.46. The predicted molar refractivity (Wildman–Crippen MR) is 16.4 cm³/mol. The Bertz CT molecular complexity index is 57.2. The van der Waals surface area contributed by atoms with Gasteiger partial charge in [-0.05, 0) is 0 Å². The highest BCUT2D eigenvalue weighted by Gasteiger charge is 1.50. The van der Waals surface area contributed by atoms with E-state index in [4.69, 9.17) is 8.42 Å². The van der Waals surface area contributed by atoms with E-state index in [2.05, 4.69) is 0 Å². The minimum absolute atomic E-state index is 0. The van der Waals surface area contributed by atoms with Crippen molar-refractivity contribution in [1.29, 1.82) is 0 Å². The third-order valence-electron chi connectivity index (χ3n) is 0. The number of thiol groups is 1. The van der Waals surface area contributed by atoms with Gasteiger partial charge in [0.25, 0.3) is 11.1 Å². The summed E-state index contributed by atoms with van der Waals surface area (Å²) >= 11 is -3.62. The average Bonchev–Trinajstić information content (AvgIpc) is 0.811. The van der Waals surface area contributed by atoms with Gasteiger partial charge in [-0.1, -0.05) is 0 Å². The molecule has 0 bridgehead atoms. The van der Waals surface area contributed by atoms with Crippen LogP contribution in [0.5, 0.6) is 0 Å². The maximum absolute atomic E-state index is 9.95. The van der Waals surface area contributed by atoms with Crippen LogP contribution in [-0.4, -0.2) is 8.42 Å². The molecule has 0 saturated heterocycles. The molecule has 0 aromatic rings. The monoisotopic (exact) mass is 124 g/mol. The first-order chi connectivity index (χ1) is 1.73. The van der Waals surface area contributed by atoms with Gasteiger partial charge in [-0.15, -0.1) is 3.89 Å². The number of hydrogen-bond acceptors (Lipinski definition) is 2. The van der Waals surface area contributed by atoms with E-state index >= 15 is 0 Å². The van der Waals surface area contributed by atoms with Crippen LogP contribution in [0.3, 0.4) is 0 Å². The van der Waals surface area contributed by atoms with Crippen LogP contribution < -0.4 is 0 Å². The molecule has 0 fully saturated rings. The molecule has 0 heterocycles. The fourth-order valence-corrected chi connectivity index (χ4v) is 0. The van der Waals surface area contributed by atoms with Gasteiger partial charge in [-0.25, -0.2) is 0 Å². The van der Waals surface area contributed by atoms with Crippen LogP contribution in [0.1, 0.15) is 0 Å². The molecule has 6 heavy (non-hydrogen) atoms. The smallest absolute Gasteiger partial charge is 0.269 e. The van der Waals surface area contributed by atoms with E-state index in [9.17, 15) is 3.89 Å². The first kappa shape index (κ1) is 17.2. The van der Waals surface area contributed by atoms with Crippen LogP contribution in [0.2, 0.25) is 0 Å². The summed E-state index contributed by atoms with van der Waals surface area (Å²) < 4.78 is 26.7. The molecule has 0 amide bonds. The van der Waals surface area contributed by atoms with Gasteiger partial charge in [0.15, 0.2) is 0 Å². The summed E-state index contributed by atoms with van der Waals surface area (Å²) in [5.74, 6) is 0. The molecule has 42 valence electrons. The fraction of sp³-hybridized carbons (Fsp3) is 0. The summed E-state index contributed by atoms with van der Waals surface area (Å²) in [5, 5.41) is 0. The number of halogens is 3. The predicted octanol–water partition coefficient (Wildman–Crippen LogP) is -0.213. The molecule has 0 aliphatic carbocycles. The van der Waals surface area contributed by atoms with E-state index in [1.807, 2.05) is 0 Å². The molecular formula is H3F3O2S. The second-order valence-electron chi connectivity index (χ2n) is 0.213. The van der Waals surface area contributed by atoms with Crippen molar-refractivity contribution in [2.45, 2.75) is 0 Å². The molecule has 0 aromatic heterocycles. The summed E-state index contributed by atoms with van der Waals surface area (Å²) in [4.78, 5) is 0. The van der Waals surface area contributed by atoms with Crippen molar-refractivity contribution in [2.24, 2.45) is 0 Å². The standard InChI is InChI=1S/FHO2S.2FH/c1-4(2)3;;/h4H;2*1H. The zero-order chi connectivity index (χ0) is 3.58. The van der Waals surface area contributed by atoms with E-state index in [1.165, 1.54) is 0 Å². The molecule has 0 saturated carbocycles. The topological polar surface area (TPSA) is 34.1 Å². The van der Waals surface area contributed by atoms with E-state index in [0.717, 1.165) is 0 Å². The molecule has 0 aliphatic rings. The SMILES string of the molecule is F.F.O=[SH](=O)F. The van der Waals surface area contributed by atoms with Crippen LogP contribution >= 0.6 is 0 Å². The highest BCUT2D eigenvalue weighted by Crippen LogP contribution is 1.49. The second-order valence-corrected chi connectivity index (χ2v) is 0.638. The van der Waals surface area contributed by atoms with Gasteiger partial charge in [-0.3, -0.25) is 9.41 Å². The minimum atomic E-state index is -3.62. The number of rotatable bonds is 0. The first-order valence-corrected chi connectivity index (χ1v) is 1.60. The van der Waals surface area contributed by atoms with E-state index in [0.29, 0.717) is 0 Å². The van der Waals surface area contributed by atoms with Crippen molar-refractivity contribution < 1.29 is 21.7 Å². The van der Waals surface area contributed by atoms with Gasteiger partial charge in [0.1, 0.15) is 0 Å². The zero-order valence-corrected chi connectivity index (χ0v) is 3.35. The average molecular weight is 124 g/mol. The molecule has 2 nitrogen and oxygen atoms in total. The third-order valence-corrected chi connectivity index (χ3v) is 0. The summed E-state index contributed by atoms with van der Waals surface area (Å²) in [6.07, 6.45) is 0. The maximum atomic E-state index is 9.95. The van der Waals surface area contributed by atoms with Gasteiger partial charge in [0.2, 0.25) is 0 Å². The van der Waals surface area contributed by atoms with Gasteiger partial charge < -0.3 is 0 Å². The molecule has 0 rings (SSSR count). The summed E-state index contributed by atoms with van der Waals surface area (Å²) in [6.45, 7) is 0. The normalized spacial score (nSPS) is 5.67. The third kappa shape index (κ3) is 415. The summed E-state index contributed by atoms with van der Waals surface area (Å²) in [5.41, 5.74) is 0. The van der Waals surface area contributed by atoms with Crippen LogP contribution in [0.25, 0.3) is 0 Å². The molecule has 0 unspecified atom stereocenters.